The number of esters is 1. The summed E-state index contributed by atoms with van der Waals surface area (Å²) in [5.74, 6) is 0.0130. The number of rotatable bonds is 29. The average Bonchev–Trinajstić information content (AvgIpc) is 3.39. The number of Topliss-reactive ketones (excluding diaryl/α,β-unsaturated/α-hetero) is 1. The molecule has 0 radical (unpaired) electrons. The second-order valence-electron chi connectivity index (χ2n) is 15.6. The number of hydrogen-bond acceptors (Lipinski definition) is 6. The Labute approximate surface area is 321 Å². The number of alkyl halides is 1. The second-order valence-corrected chi connectivity index (χ2v) is 16.1. The number of carbonyl (C=O) groups is 2. The lowest BCUT2D eigenvalue weighted by Gasteiger charge is -2.45. The van der Waals surface area contributed by atoms with Crippen LogP contribution in [0, 0.1) is 17.3 Å². The minimum Gasteiger partial charge on any atom is -0.493 e. The van der Waals surface area contributed by atoms with Gasteiger partial charge in [-0.15, -0.1) is 11.6 Å². The highest BCUT2D eigenvalue weighted by molar-refractivity contribution is 6.21. The Morgan fingerprint density at radius 3 is 2.19 bits per heavy atom. The number of unbranched alkanes of at least 4 members (excludes halogenated alkanes) is 13. The summed E-state index contributed by atoms with van der Waals surface area (Å²) in [6.45, 7) is 4.71. The molecule has 1 aromatic rings. The summed E-state index contributed by atoms with van der Waals surface area (Å²) in [5.41, 5.74) is 0.527. The number of halogens is 1. The van der Waals surface area contributed by atoms with Crippen molar-refractivity contribution in [2.75, 3.05) is 13.2 Å². The van der Waals surface area contributed by atoms with E-state index >= 15 is 0 Å². The van der Waals surface area contributed by atoms with Gasteiger partial charge in [0.2, 0.25) is 5.78 Å². The molecule has 5 atom stereocenters. The van der Waals surface area contributed by atoms with Crippen LogP contribution in [0.5, 0.6) is 5.75 Å². The molecule has 0 heterocycles. The van der Waals surface area contributed by atoms with E-state index in [9.17, 15) is 19.8 Å². The molecule has 1 aromatic carbocycles. The zero-order valence-electron chi connectivity index (χ0n) is 32.6. The first-order valence-electron chi connectivity index (χ1n) is 21.0. The molecule has 6 nitrogen and oxygen atoms in total. The van der Waals surface area contributed by atoms with Gasteiger partial charge in [-0.2, -0.15) is 0 Å². The first kappa shape index (κ1) is 44.2. The van der Waals surface area contributed by atoms with Gasteiger partial charge in [-0.05, 0) is 81.3 Å². The van der Waals surface area contributed by atoms with Crippen LogP contribution in [0.4, 0.5) is 0 Å². The van der Waals surface area contributed by atoms with E-state index in [2.05, 4.69) is 32.1 Å². The van der Waals surface area contributed by atoms with Crippen LogP contribution in [0.1, 0.15) is 172 Å². The van der Waals surface area contributed by atoms with Gasteiger partial charge in [0.25, 0.3) is 0 Å². The SMILES string of the molecule is CCCCCCCCCCCCCCCOc1ccccc1C(=O)COC(=O)CCC/C=C\C[C@@H]1[C@@H](/C=C/C[C@H](O)C2(CC)CCC2)[C@H](O)C[C@H]1Cl. The maximum absolute atomic E-state index is 12.9. The van der Waals surface area contributed by atoms with Crippen molar-refractivity contribution in [1.29, 1.82) is 0 Å². The molecule has 0 amide bonds. The van der Waals surface area contributed by atoms with Crippen molar-refractivity contribution in [2.45, 2.75) is 179 Å². The van der Waals surface area contributed by atoms with Gasteiger partial charge < -0.3 is 19.7 Å². The lowest BCUT2D eigenvalue weighted by Crippen LogP contribution is -2.40. The van der Waals surface area contributed by atoms with Crippen LogP contribution in [0.25, 0.3) is 0 Å². The lowest BCUT2D eigenvalue weighted by molar-refractivity contribution is -0.142. The summed E-state index contributed by atoms with van der Waals surface area (Å²) in [5, 5.41) is 21.3. The number of ketones is 1. The van der Waals surface area contributed by atoms with E-state index in [1.165, 1.54) is 77.0 Å². The molecule has 2 aliphatic rings. The molecule has 2 N–H and O–H groups in total. The third kappa shape index (κ3) is 15.7. The average molecular weight is 744 g/mol. The number of carbonyl (C=O) groups excluding carboxylic acids is 2. The van der Waals surface area contributed by atoms with Crippen molar-refractivity contribution in [3.05, 3.63) is 54.1 Å². The molecule has 52 heavy (non-hydrogen) atoms. The summed E-state index contributed by atoms with van der Waals surface area (Å²) >= 11 is 6.63. The lowest BCUT2D eigenvalue weighted by atomic mass is 9.63. The Balaban J connectivity index is 1.25. The molecule has 7 heteroatoms. The van der Waals surface area contributed by atoms with Crippen molar-refractivity contribution < 1.29 is 29.3 Å². The summed E-state index contributed by atoms with van der Waals surface area (Å²) in [6, 6.07) is 7.20. The molecule has 2 fully saturated rings. The first-order valence-corrected chi connectivity index (χ1v) is 21.5. The Morgan fingerprint density at radius 1 is 0.904 bits per heavy atom. The standard InChI is InChI=1S/C45H71ClO6/c1-3-5-6-7-8-9-10-11-12-13-14-17-22-33-51-42-28-21-20-26-38(42)41(48)35-52-44(50)30-19-16-15-18-25-36-37(40(47)34-39(36)46)27-23-29-43(49)45(4-2)31-24-32-45/h15,18,20-21,23,26-28,36-37,39-40,43,47,49H,3-14,16-17,19,22,24-25,29-35H2,1-2H3/b18-15-,27-23+/t36-,37-,39-,40-,43+/m1/s1. The molecule has 2 aliphatic carbocycles. The zero-order valence-corrected chi connectivity index (χ0v) is 33.3. The molecule has 2 saturated carbocycles. The van der Waals surface area contributed by atoms with Crippen LogP contribution < -0.4 is 4.74 Å². The third-order valence-corrected chi connectivity index (χ3v) is 12.2. The van der Waals surface area contributed by atoms with Crippen molar-refractivity contribution in [3.63, 3.8) is 0 Å². The summed E-state index contributed by atoms with van der Waals surface area (Å²) < 4.78 is 11.3. The van der Waals surface area contributed by atoms with Crippen LogP contribution in [0.15, 0.2) is 48.6 Å². The van der Waals surface area contributed by atoms with Gasteiger partial charge in [0, 0.05) is 17.7 Å². The molecule has 0 spiro atoms. The number of allylic oxidation sites excluding steroid dienone is 2. The van der Waals surface area contributed by atoms with Gasteiger partial charge in [0.05, 0.1) is 24.4 Å². The van der Waals surface area contributed by atoms with Crippen LogP contribution in [-0.4, -0.2) is 52.8 Å². The Hall–Kier alpha value is -2.15. The fraction of sp³-hybridized carbons (Fsp3) is 0.733. The number of ether oxygens (including phenoxy) is 2. The minimum atomic E-state index is -0.474. The van der Waals surface area contributed by atoms with Crippen molar-refractivity contribution in [3.8, 4) is 5.75 Å². The summed E-state index contributed by atoms with van der Waals surface area (Å²) in [4.78, 5) is 25.3. The van der Waals surface area contributed by atoms with Crippen molar-refractivity contribution >= 4 is 23.4 Å². The quantitative estimate of drug-likeness (QED) is 0.0279. The van der Waals surface area contributed by atoms with Crippen LogP contribution in [0.3, 0.4) is 0 Å². The largest absolute Gasteiger partial charge is 0.493 e. The van der Waals surface area contributed by atoms with Gasteiger partial charge in [-0.1, -0.05) is 134 Å². The van der Waals surface area contributed by atoms with E-state index < -0.39 is 6.10 Å². The van der Waals surface area contributed by atoms with Crippen LogP contribution >= 0.6 is 11.6 Å². The molecular formula is C45H71ClO6. The topological polar surface area (TPSA) is 93.1 Å². The highest BCUT2D eigenvalue weighted by atomic mass is 35.5. The van der Waals surface area contributed by atoms with Crippen molar-refractivity contribution in [1.82, 2.24) is 0 Å². The van der Waals surface area contributed by atoms with E-state index in [0.717, 1.165) is 38.5 Å². The number of aliphatic hydroxyl groups excluding tert-OH is 2. The molecule has 0 aliphatic heterocycles. The molecule has 0 unspecified atom stereocenters. The van der Waals surface area contributed by atoms with Gasteiger partial charge in [0.15, 0.2) is 6.61 Å². The van der Waals surface area contributed by atoms with Gasteiger partial charge in [-0.25, -0.2) is 0 Å². The maximum atomic E-state index is 12.9. The predicted molar refractivity (Wildman–Crippen MR) is 214 cm³/mol. The maximum Gasteiger partial charge on any atom is 0.306 e. The zero-order chi connectivity index (χ0) is 37.4. The second kappa shape index (κ2) is 25.8. The first-order chi connectivity index (χ1) is 25.3. The van der Waals surface area contributed by atoms with Crippen molar-refractivity contribution in [2.24, 2.45) is 17.3 Å². The van der Waals surface area contributed by atoms with Gasteiger partial charge >= 0.3 is 5.97 Å². The normalized spacial score (nSPS) is 21.8. The highest BCUT2D eigenvalue weighted by Gasteiger charge is 2.42. The fourth-order valence-electron chi connectivity index (χ4n) is 7.99. The number of para-hydroxylation sites is 1. The van der Waals surface area contributed by atoms with E-state index in [1.54, 1.807) is 12.1 Å². The molecular weight excluding hydrogens is 672 g/mol. The number of hydrogen-bond donors (Lipinski definition) is 2. The van der Waals surface area contributed by atoms with Gasteiger partial charge in [0.1, 0.15) is 5.75 Å². The van der Waals surface area contributed by atoms with E-state index in [0.29, 0.717) is 43.6 Å². The van der Waals surface area contributed by atoms with Crippen LogP contribution in [0.2, 0.25) is 0 Å². The van der Waals surface area contributed by atoms with E-state index in [-0.39, 0.29) is 53.5 Å². The smallest absolute Gasteiger partial charge is 0.306 e. The Kier molecular flexibility index (Phi) is 21.9. The summed E-state index contributed by atoms with van der Waals surface area (Å²) in [6.07, 6.45) is 32.2. The molecule has 0 bridgehead atoms. The molecule has 0 saturated heterocycles. The number of aliphatic hydroxyl groups is 2. The fourth-order valence-corrected chi connectivity index (χ4v) is 8.44. The Bertz CT molecular complexity index is 1190. The molecule has 0 aromatic heterocycles. The minimum absolute atomic E-state index is 0.0272. The van der Waals surface area contributed by atoms with Gasteiger partial charge in [-0.3, -0.25) is 9.59 Å². The third-order valence-electron chi connectivity index (χ3n) is 11.7. The summed E-state index contributed by atoms with van der Waals surface area (Å²) in [7, 11) is 0. The molecule has 294 valence electrons. The monoisotopic (exact) mass is 742 g/mol. The van der Waals surface area contributed by atoms with E-state index in [1.807, 2.05) is 18.2 Å². The Morgan fingerprint density at radius 2 is 1.56 bits per heavy atom. The number of benzene rings is 1. The van der Waals surface area contributed by atoms with Crippen LogP contribution in [-0.2, 0) is 9.53 Å². The molecule has 3 rings (SSSR count). The predicted octanol–water partition coefficient (Wildman–Crippen LogP) is 11.5. The van der Waals surface area contributed by atoms with E-state index in [4.69, 9.17) is 21.1 Å². The highest BCUT2D eigenvalue weighted by Crippen LogP contribution is 2.48.